The van der Waals surface area contributed by atoms with Gasteiger partial charge in [0.2, 0.25) is 5.91 Å². The zero-order chi connectivity index (χ0) is 19.8. The van der Waals surface area contributed by atoms with Crippen LogP contribution >= 0.6 is 11.8 Å². The summed E-state index contributed by atoms with van der Waals surface area (Å²) in [5.74, 6) is 0.415. The lowest BCUT2D eigenvalue weighted by atomic mass is 9.97. The van der Waals surface area contributed by atoms with E-state index in [4.69, 9.17) is 0 Å². The van der Waals surface area contributed by atoms with Crippen LogP contribution in [0.3, 0.4) is 0 Å². The van der Waals surface area contributed by atoms with E-state index in [0.717, 1.165) is 25.7 Å². The number of aromatic nitrogens is 3. The topological polar surface area (TPSA) is 51.0 Å². The summed E-state index contributed by atoms with van der Waals surface area (Å²) >= 11 is 1.44. The smallest absolute Gasteiger partial charge is 0.236 e. The minimum atomic E-state index is -0.298. The van der Waals surface area contributed by atoms with Crippen molar-refractivity contribution in [1.29, 1.82) is 0 Å². The van der Waals surface area contributed by atoms with Gasteiger partial charge in [0.1, 0.15) is 5.82 Å². The van der Waals surface area contributed by atoms with Gasteiger partial charge >= 0.3 is 0 Å². The van der Waals surface area contributed by atoms with Crippen LogP contribution in [-0.4, -0.2) is 42.9 Å². The zero-order valence-corrected chi connectivity index (χ0v) is 17.5. The van der Waals surface area contributed by atoms with E-state index < -0.39 is 0 Å². The Morgan fingerprint density at radius 2 is 1.82 bits per heavy atom. The molecule has 2 aliphatic rings. The normalized spacial score (nSPS) is 23.6. The Labute approximate surface area is 169 Å². The molecule has 28 heavy (non-hydrogen) atoms. The van der Waals surface area contributed by atoms with Gasteiger partial charge in [-0.1, -0.05) is 23.9 Å². The third kappa shape index (κ3) is 3.69. The molecule has 1 aromatic heterocycles. The van der Waals surface area contributed by atoms with Crippen LogP contribution in [0.25, 0.3) is 11.4 Å². The SMILES string of the molecule is CC(Sc1nnc(-c2ccccc2F)n1C1CC1)C(=O)N1C(C)CCCC1C. The second-order valence-corrected chi connectivity index (χ2v) is 9.33. The minimum absolute atomic E-state index is 0.155. The molecule has 2 aromatic rings. The molecule has 2 heterocycles. The van der Waals surface area contributed by atoms with Gasteiger partial charge in [0.05, 0.1) is 10.8 Å². The Kier molecular flexibility index (Phi) is 5.45. The van der Waals surface area contributed by atoms with Crippen molar-refractivity contribution in [3.8, 4) is 11.4 Å². The predicted octanol–water partition coefficient (Wildman–Crippen LogP) is 4.69. The number of carbonyl (C=O) groups is 1. The number of rotatable bonds is 5. The van der Waals surface area contributed by atoms with Gasteiger partial charge in [-0.3, -0.25) is 9.36 Å². The highest BCUT2D eigenvalue weighted by Gasteiger charge is 2.35. The van der Waals surface area contributed by atoms with E-state index in [2.05, 4.69) is 24.0 Å². The van der Waals surface area contributed by atoms with E-state index in [9.17, 15) is 9.18 Å². The summed E-state index contributed by atoms with van der Waals surface area (Å²) in [5, 5.41) is 9.09. The number of benzene rings is 1. The fraction of sp³-hybridized carbons (Fsp3) is 0.571. The summed E-state index contributed by atoms with van der Waals surface area (Å²) in [7, 11) is 0. The minimum Gasteiger partial charge on any atom is -0.336 e. The molecule has 4 rings (SSSR count). The quantitative estimate of drug-likeness (QED) is 0.681. The Morgan fingerprint density at radius 3 is 2.46 bits per heavy atom. The monoisotopic (exact) mass is 402 g/mol. The summed E-state index contributed by atoms with van der Waals surface area (Å²) in [4.78, 5) is 15.2. The van der Waals surface area contributed by atoms with E-state index in [-0.39, 0.29) is 29.1 Å². The summed E-state index contributed by atoms with van der Waals surface area (Å²) in [5.41, 5.74) is 0.464. The molecule has 0 bridgehead atoms. The molecule has 150 valence electrons. The van der Waals surface area contributed by atoms with Crippen LogP contribution < -0.4 is 0 Å². The lowest BCUT2D eigenvalue weighted by molar-refractivity contribution is -0.136. The lowest BCUT2D eigenvalue weighted by Crippen LogP contribution is -2.50. The number of thioether (sulfide) groups is 1. The number of amides is 1. The van der Waals surface area contributed by atoms with Gasteiger partial charge in [-0.2, -0.15) is 0 Å². The number of hydrogen-bond donors (Lipinski definition) is 0. The van der Waals surface area contributed by atoms with E-state index in [1.807, 2.05) is 22.5 Å². The van der Waals surface area contributed by atoms with Crippen LogP contribution in [-0.2, 0) is 4.79 Å². The van der Waals surface area contributed by atoms with Gasteiger partial charge < -0.3 is 4.90 Å². The van der Waals surface area contributed by atoms with Crippen LogP contribution in [0.5, 0.6) is 0 Å². The fourth-order valence-electron chi connectivity index (χ4n) is 4.12. The van der Waals surface area contributed by atoms with Crippen molar-refractivity contribution < 1.29 is 9.18 Å². The van der Waals surface area contributed by atoms with E-state index in [1.54, 1.807) is 12.1 Å². The molecule has 1 saturated heterocycles. The molecule has 3 unspecified atom stereocenters. The lowest BCUT2D eigenvalue weighted by Gasteiger charge is -2.40. The molecule has 1 aliphatic heterocycles. The third-order valence-corrected chi connectivity index (χ3v) is 6.81. The number of likely N-dealkylation sites (tertiary alicyclic amines) is 1. The third-order valence-electron chi connectivity index (χ3n) is 5.77. The number of hydrogen-bond acceptors (Lipinski definition) is 4. The fourth-order valence-corrected chi connectivity index (χ4v) is 5.10. The molecule has 1 amide bonds. The molecule has 1 saturated carbocycles. The summed E-state index contributed by atoms with van der Waals surface area (Å²) in [6.45, 7) is 6.21. The molecule has 1 aliphatic carbocycles. The van der Waals surface area contributed by atoms with Crippen LogP contribution in [0.1, 0.15) is 58.9 Å². The maximum Gasteiger partial charge on any atom is 0.236 e. The van der Waals surface area contributed by atoms with Crippen molar-refractivity contribution >= 4 is 17.7 Å². The van der Waals surface area contributed by atoms with Crippen molar-refractivity contribution in [2.45, 2.75) is 81.4 Å². The Balaban J connectivity index is 1.58. The number of halogens is 1. The van der Waals surface area contributed by atoms with Crippen molar-refractivity contribution in [1.82, 2.24) is 19.7 Å². The first-order valence-corrected chi connectivity index (χ1v) is 11.0. The van der Waals surface area contributed by atoms with Crippen LogP contribution in [0.2, 0.25) is 0 Å². The molecular weight excluding hydrogens is 375 g/mol. The first kappa shape index (κ1) is 19.4. The van der Waals surface area contributed by atoms with E-state index >= 15 is 0 Å². The average Bonchev–Trinajstić information content (AvgIpc) is 3.42. The Bertz CT molecular complexity index is 856. The van der Waals surface area contributed by atoms with Gasteiger partial charge in [-0.15, -0.1) is 10.2 Å². The van der Waals surface area contributed by atoms with Gasteiger partial charge in [-0.25, -0.2) is 4.39 Å². The highest BCUT2D eigenvalue weighted by molar-refractivity contribution is 8.00. The highest BCUT2D eigenvalue weighted by atomic mass is 32.2. The average molecular weight is 403 g/mol. The van der Waals surface area contributed by atoms with Crippen LogP contribution in [0.15, 0.2) is 29.4 Å². The maximum absolute atomic E-state index is 14.3. The zero-order valence-electron chi connectivity index (χ0n) is 16.6. The summed E-state index contributed by atoms with van der Waals surface area (Å²) < 4.78 is 16.3. The van der Waals surface area contributed by atoms with Crippen molar-refractivity contribution in [3.63, 3.8) is 0 Å². The molecule has 1 aromatic carbocycles. The van der Waals surface area contributed by atoms with Crippen molar-refractivity contribution in [3.05, 3.63) is 30.1 Å². The molecule has 0 radical (unpaired) electrons. The molecule has 2 fully saturated rings. The van der Waals surface area contributed by atoms with Crippen LogP contribution in [0.4, 0.5) is 4.39 Å². The predicted molar refractivity (Wildman–Crippen MR) is 109 cm³/mol. The molecule has 3 atom stereocenters. The van der Waals surface area contributed by atoms with Gasteiger partial charge in [-0.05, 0) is 65.0 Å². The molecule has 7 heteroatoms. The van der Waals surface area contributed by atoms with E-state index in [1.165, 1.54) is 24.2 Å². The molecular formula is C21H27FN4OS. The number of nitrogens with zero attached hydrogens (tertiary/aromatic N) is 4. The van der Waals surface area contributed by atoms with Crippen LogP contribution in [0, 0.1) is 5.82 Å². The molecule has 0 spiro atoms. The number of piperidine rings is 1. The largest absolute Gasteiger partial charge is 0.336 e. The van der Waals surface area contributed by atoms with Crippen molar-refractivity contribution in [2.24, 2.45) is 0 Å². The molecule has 0 N–H and O–H groups in total. The standard InChI is InChI=1S/C21H27FN4OS/c1-13-7-6-8-14(2)25(13)20(27)15(3)28-21-24-23-19(26(21)16-11-12-16)17-9-4-5-10-18(17)22/h4-5,9-10,13-16H,6-8,11-12H2,1-3H3. The van der Waals surface area contributed by atoms with Gasteiger partial charge in [0.25, 0.3) is 0 Å². The number of carbonyl (C=O) groups excluding carboxylic acids is 1. The molecule has 5 nitrogen and oxygen atoms in total. The second-order valence-electron chi connectivity index (χ2n) is 8.02. The second kappa shape index (κ2) is 7.85. The first-order chi connectivity index (χ1) is 13.5. The highest BCUT2D eigenvalue weighted by Crippen LogP contribution is 2.42. The summed E-state index contributed by atoms with van der Waals surface area (Å²) in [6.07, 6.45) is 5.37. The Morgan fingerprint density at radius 1 is 1.14 bits per heavy atom. The van der Waals surface area contributed by atoms with E-state index in [0.29, 0.717) is 22.6 Å². The Hall–Kier alpha value is -1.89. The van der Waals surface area contributed by atoms with Crippen molar-refractivity contribution in [2.75, 3.05) is 0 Å². The maximum atomic E-state index is 14.3. The van der Waals surface area contributed by atoms with Gasteiger partial charge in [0.15, 0.2) is 11.0 Å². The first-order valence-electron chi connectivity index (χ1n) is 10.2. The summed E-state index contributed by atoms with van der Waals surface area (Å²) in [6, 6.07) is 7.50. The van der Waals surface area contributed by atoms with Gasteiger partial charge in [0, 0.05) is 18.1 Å².